The average Bonchev–Trinajstić information content (AvgIpc) is 2.52. The van der Waals surface area contributed by atoms with E-state index in [9.17, 15) is 9.59 Å². The maximum Gasteiger partial charge on any atom is 0.328 e. The molecule has 0 aliphatic rings. The van der Waals surface area contributed by atoms with Gasteiger partial charge in [-0.05, 0) is 0 Å². The topological polar surface area (TPSA) is 83.1 Å². The summed E-state index contributed by atoms with van der Waals surface area (Å²) in [5, 5.41) is 2.55. The fraction of sp³-hybridized carbons (Fsp3) is 0.467. The second kappa shape index (κ2) is 8.11. The van der Waals surface area contributed by atoms with Crippen molar-refractivity contribution < 1.29 is 28.5 Å². The number of amides is 1. The Balaban J connectivity index is 3.21. The summed E-state index contributed by atoms with van der Waals surface area (Å²) in [6, 6.07) is 2.53. The monoisotopic (exact) mass is 311 g/mol. The number of methoxy groups -OCH3 is 4. The van der Waals surface area contributed by atoms with Gasteiger partial charge < -0.3 is 24.3 Å². The first-order valence-electron chi connectivity index (χ1n) is 6.60. The van der Waals surface area contributed by atoms with Crippen LogP contribution in [0.4, 0.5) is 0 Å². The molecule has 1 aromatic carbocycles. The number of hydrogen-bond donors (Lipinski definition) is 1. The molecule has 1 atom stereocenters. The number of benzene rings is 1. The van der Waals surface area contributed by atoms with Gasteiger partial charge in [-0.1, -0.05) is 0 Å². The number of rotatable bonds is 7. The van der Waals surface area contributed by atoms with Crippen molar-refractivity contribution in [3.05, 3.63) is 17.7 Å². The fourth-order valence-corrected chi connectivity index (χ4v) is 2.06. The summed E-state index contributed by atoms with van der Waals surface area (Å²) in [5.41, 5.74) is 0.634. The van der Waals surface area contributed by atoms with Crippen LogP contribution in [0.2, 0.25) is 0 Å². The molecule has 7 heteroatoms. The number of nitrogens with one attached hydrogen (secondary N) is 1. The summed E-state index contributed by atoms with van der Waals surface area (Å²) in [7, 11) is 5.80. The van der Waals surface area contributed by atoms with Crippen LogP contribution in [0.5, 0.6) is 17.2 Å². The van der Waals surface area contributed by atoms with Crippen LogP contribution in [-0.2, 0) is 20.7 Å². The van der Waals surface area contributed by atoms with E-state index in [0.29, 0.717) is 22.8 Å². The molecule has 1 N–H and O–H groups in total. The highest BCUT2D eigenvalue weighted by Crippen LogP contribution is 2.35. The van der Waals surface area contributed by atoms with Crippen LogP contribution in [0.1, 0.15) is 12.5 Å². The highest BCUT2D eigenvalue weighted by atomic mass is 16.5. The van der Waals surface area contributed by atoms with Crippen molar-refractivity contribution in [2.75, 3.05) is 28.4 Å². The van der Waals surface area contributed by atoms with Crippen molar-refractivity contribution in [2.45, 2.75) is 19.4 Å². The third-order valence-electron chi connectivity index (χ3n) is 3.09. The van der Waals surface area contributed by atoms with E-state index in [-0.39, 0.29) is 12.3 Å². The lowest BCUT2D eigenvalue weighted by atomic mass is 10.0. The van der Waals surface area contributed by atoms with Crippen molar-refractivity contribution in [1.29, 1.82) is 0 Å². The number of ether oxygens (including phenoxy) is 4. The van der Waals surface area contributed by atoms with Crippen molar-refractivity contribution in [2.24, 2.45) is 0 Å². The molecule has 0 saturated carbocycles. The molecule has 0 bridgehead atoms. The predicted octanol–water partition coefficient (Wildman–Crippen LogP) is 0.933. The molecule has 0 aliphatic heterocycles. The molecule has 1 aromatic rings. The molecule has 0 saturated heterocycles. The first-order valence-corrected chi connectivity index (χ1v) is 6.60. The van der Waals surface area contributed by atoms with E-state index >= 15 is 0 Å². The second-order valence-electron chi connectivity index (χ2n) is 4.49. The Kier molecular flexibility index (Phi) is 6.49. The molecule has 7 nitrogen and oxygen atoms in total. The lowest BCUT2D eigenvalue weighted by Gasteiger charge is -2.19. The Hall–Kier alpha value is -2.44. The molecule has 0 aliphatic carbocycles. The summed E-state index contributed by atoms with van der Waals surface area (Å²) in [6.45, 7) is 1.33. The molecule has 0 aromatic heterocycles. The Morgan fingerprint density at radius 3 is 1.95 bits per heavy atom. The van der Waals surface area contributed by atoms with Gasteiger partial charge in [-0.15, -0.1) is 0 Å². The van der Waals surface area contributed by atoms with Gasteiger partial charge in [-0.25, -0.2) is 4.79 Å². The summed E-state index contributed by atoms with van der Waals surface area (Å²) >= 11 is 0. The van der Waals surface area contributed by atoms with Crippen LogP contribution in [-0.4, -0.2) is 46.4 Å². The molecule has 0 heterocycles. The molecule has 0 fully saturated rings. The molecular weight excluding hydrogens is 290 g/mol. The summed E-state index contributed by atoms with van der Waals surface area (Å²) < 4.78 is 20.5. The minimum absolute atomic E-state index is 0.169. The van der Waals surface area contributed by atoms with E-state index in [1.165, 1.54) is 35.4 Å². The SMILES string of the molecule is COC(=O)[C@H](Cc1c(OC)cc(OC)cc1OC)NC(C)=O. The Labute approximate surface area is 129 Å². The number of hydrogen-bond acceptors (Lipinski definition) is 6. The molecule has 0 radical (unpaired) electrons. The van der Waals surface area contributed by atoms with Crippen molar-refractivity contribution >= 4 is 11.9 Å². The number of carbonyl (C=O) groups is 2. The Morgan fingerprint density at radius 1 is 1.05 bits per heavy atom. The molecule has 122 valence electrons. The lowest BCUT2D eigenvalue weighted by molar-refractivity contribution is -0.144. The van der Waals surface area contributed by atoms with Crippen LogP contribution >= 0.6 is 0 Å². The van der Waals surface area contributed by atoms with Gasteiger partial charge in [0.25, 0.3) is 0 Å². The normalized spacial score (nSPS) is 11.3. The smallest absolute Gasteiger partial charge is 0.328 e. The third-order valence-corrected chi connectivity index (χ3v) is 3.09. The van der Waals surface area contributed by atoms with Gasteiger partial charge in [-0.3, -0.25) is 4.79 Å². The molecule has 0 spiro atoms. The minimum Gasteiger partial charge on any atom is -0.496 e. The third kappa shape index (κ3) is 4.28. The molecular formula is C15H21NO6. The van der Waals surface area contributed by atoms with Gasteiger partial charge in [-0.2, -0.15) is 0 Å². The largest absolute Gasteiger partial charge is 0.496 e. The van der Waals surface area contributed by atoms with Crippen LogP contribution < -0.4 is 19.5 Å². The zero-order chi connectivity index (χ0) is 16.7. The zero-order valence-electron chi connectivity index (χ0n) is 13.4. The summed E-state index contributed by atoms with van der Waals surface area (Å²) in [5.74, 6) is 0.675. The summed E-state index contributed by atoms with van der Waals surface area (Å²) in [6.07, 6.45) is 0.169. The summed E-state index contributed by atoms with van der Waals surface area (Å²) in [4.78, 5) is 23.1. The van der Waals surface area contributed by atoms with Crippen LogP contribution in [0.15, 0.2) is 12.1 Å². The van der Waals surface area contributed by atoms with Gasteiger partial charge in [0, 0.05) is 31.0 Å². The van der Waals surface area contributed by atoms with E-state index in [4.69, 9.17) is 18.9 Å². The fourth-order valence-electron chi connectivity index (χ4n) is 2.06. The zero-order valence-corrected chi connectivity index (χ0v) is 13.4. The van der Waals surface area contributed by atoms with Crippen LogP contribution in [0.25, 0.3) is 0 Å². The van der Waals surface area contributed by atoms with E-state index in [1.807, 2.05) is 0 Å². The first kappa shape index (κ1) is 17.6. The maximum absolute atomic E-state index is 11.8. The first-order chi connectivity index (χ1) is 10.5. The maximum atomic E-state index is 11.8. The van der Waals surface area contributed by atoms with E-state index < -0.39 is 12.0 Å². The van der Waals surface area contributed by atoms with Gasteiger partial charge in [0.15, 0.2) is 0 Å². The van der Waals surface area contributed by atoms with E-state index in [2.05, 4.69) is 5.32 Å². The molecule has 0 unspecified atom stereocenters. The average molecular weight is 311 g/mol. The minimum atomic E-state index is -0.835. The van der Waals surface area contributed by atoms with E-state index in [1.54, 1.807) is 12.1 Å². The van der Waals surface area contributed by atoms with Gasteiger partial charge in [0.05, 0.1) is 28.4 Å². The quantitative estimate of drug-likeness (QED) is 0.754. The van der Waals surface area contributed by atoms with Crippen LogP contribution in [0.3, 0.4) is 0 Å². The Morgan fingerprint density at radius 2 is 1.59 bits per heavy atom. The highest BCUT2D eigenvalue weighted by molar-refractivity contribution is 5.83. The second-order valence-corrected chi connectivity index (χ2v) is 4.49. The highest BCUT2D eigenvalue weighted by Gasteiger charge is 2.25. The molecule has 1 amide bonds. The van der Waals surface area contributed by atoms with Gasteiger partial charge in [0.1, 0.15) is 23.3 Å². The molecule has 22 heavy (non-hydrogen) atoms. The van der Waals surface area contributed by atoms with Gasteiger partial charge >= 0.3 is 5.97 Å². The van der Waals surface area contributed by atoms with Crippen molar-refractivity contribution in [1.82, 2.24) is 5.32 Å². The lowest BCUT2D eigenvalue weighted by Crippen LogP contribution is -2.42. The van der Waals surface area contributed by atoms with Crippen molar-refractivity contribution in [3.8, 4) is 17.2 Å². The van der Waals surface area contributed by atoms with Gasteiger partial charge in [0.2, 0.25) is 5.91 Å². The number of carbonyl (C=O) groups excluding carboxylic acids is 2. The van der Waals surface area contributed by atoms with Crippen molar-refractivity contribution in [3.63, 3.8) is 0 Å². The van der Waals surface area contributed by atoms with Crippen LogP contribution in [0, 0.1) is 0 Å². The Bertz CT molecular complexity index is 518. The standard InChI is InChI=1S/C15H21NO6/c1-9(17)16-12(15(18)22-5)8-11-13(20-3)6-10(19-2)7-14(11)21-4/h6-7,12H,8H2,1-5H3,(H,16,17)/t12-/m0/s1. The molecule has 1 rings (SSSR count). The predicted molar refractivity (Wildman–Crippen MR) is 79.4 cm³/mol. The van der Waals surface area contributed by atoms with E-state index in [0.717, 1.165) is 0 Å². The number of esters is 1.